The van der Waals surface area contributed by atoms with Gasteiger partial charge in [-0.3, -0.25) is 0 Å². The van der Waals surface area contributed by atoms with Crippen LogP contribution in [0.3, 0.4) is 0 Å². The third kappa shape index (κ3) is 6.02. The second-order valence-corrected chi connectivity index (χ2v) is 16.1. The number of nitrogens with zero attached hydrogens (tertiary/aromatic N) is 1. The number of aromatic nitrogens is 1. The Bertz CT molecular complexity index is 3590. The lowest BCUT2D eigenvalue weighted by Crippen LogP contribution is -1.92. The Morgan fingerprint density at radius 3 is 1.18 bits per heavy atom. The van der Waals surface area contributed by atoms with Gasteiger partial charge in [-0.05, 0) is 130 Å². The molecule has 61 heavy (non-hydrogen) atoms. The van der Waals surface area contributed by atoms with Gasteiger partial charge >= 0.3 is 0 Å². The second kappa shape index (κ2) is 14.4. The summed E-state index contributed by atoms with van der Waals surface area (Å²) in [6.45, 7) is 0. The molecule has 284 valence electrons. The first-order valence-corrected chi connectivity index (χ1v) is 21.1. The lowest BCUT2D eigenvalue weighted by Gasteiger charge is -2.12. The standard InChI is InChI=1S/C60H39N/c1-2-12-40(13-3-1)41-30-33-49(34-31-41)61-39-59(45-28-26-44(27-29-45)57-38-48-15-5-7-17-51(48)53-19-9-11-21-55(53)57)58-36-46(32-35-60(58)61)42-22-24-43(25-23-42)56-37-47-14-4-6-16-50(47)52-18-8-10-20-54(52)56/h1-39H. The molecule has 0 unspecified atom stereocenters. The van der Waals surface area contributed by atoms with Crippen molar-refractivity contribution in [1.82, 2.24) is 4.57 Å². The number of hydrogen-bond acceptors (Lipinski definition) is 0. The van der Waals surface area contributed by atoms with Crippen molar-refractivity contribution in [1.29, 1.82) is 0 Å². The van der Waals surface area contributed by atoms with Crippen LogP contribution in [0.5, 0.6) is 0 Å². The van der Waals surface area contributed by atoms with Gasteiger partial charge in [0.15, 0.2) is 0 Å². The molecule has 0 spiro atoms. The molecule has 0 fully saturated rings. The molecule has 11 aromatic carbocycles. The molecule has 0 saturated carbocycles. The van der Waals surface area contributed by atoms with E-state index >= 15 is 0 Å². The molecule has 0 bridgehead atoms. The van der Waals surface area contributed by atoms with Gasteiger partial charge in [-0.25, -0.2) is 0 Å². The molecule has 1 heteroatoms. The molecule has 12 aromatic rings. The number of rotatable bonds is 6. The molecule has 0 aliphatic heterocycles. The van der Waals surface area contributed by atoms with Crippen LogP contribution in [0.15, 0.2) is 237 Å². The van der Waals surface area contributed by atoms with Crippen LogP contribution in [0.4, 0.5) is 0 Å². The van der Waals surface area contributed by atoms with E-state index in [9.17, 15) is 0 Å². The summed E-state index contributed by atoms with van der Waals surface area (Å²) < 4.78 is 2.35. The zero-order valence-electron chi connectivity index (χ0n) is 33.5. The molecule has 0 aliphatic rings. The predicted molar refractivity (Wildman–Crippen MR) is 260 cm³/mol. The normalized spacial score (nSPS) is 11.6. The van der Waals surface area contributed by atoms with Crippen LogP contribution in [-0.4, -0.2) is 4.57 Å². The minimum absolute atomic E-state index is 1.13. The van der Waals surface area contributed by atoms with Crippen molar-refractivity contribution in [2.75, 3.05) is 0 Å². The van der Waals surface area contributed by atoms with E-state index in [1.165, 1.54) is 110 Å². The number of fused-ring (bicyclic) bond motifs is 7. The molecule has 0 saturated heterocycles. The fraction of sp³-hybridized carbons (Fsp3) is 0. The largest absolute Gasteiger partial charge is 0.316 e. The third-order valence-electron chi connectivity index (χ3n) is 12.6. The SMILES string of the molecule is c1ccc(-c2ccc(-n3cc(-c4ccc(-c5cc6ccccc6c6ccccc56)cc4)c4cc(-c5ccc(-c6cc7ccccc7c7ccccc67)cc5)ccc43)cc2)cc1. The third-order valence-corrected chi connectivity index (χ3v) is 12.6. The average molecular weight is 774 g/mol. The molecule has 0 amide bonds. The van der Waals surface area contributed by atoms with Gasteiger partial charge in [-0.15, -0.1) is 0 Å². The van der Waals surface area contributed by atoms with Gasteiger partial charge in [0, 0.05) is 22.8 Å². The summed E-state index contributed by atoms with van der Waals surface area (Å²) in [6, 6.07) is 84.4. The summed E-state index contributed by atoms with van der Waals surface area (Å²) >= 11 is 0. The van der Waals surface area contributed by atoms with Crippen molar-refractivity contribution in [2.45, 2.75) is 0 Å². The Hall–Kier alpha value is -8.00. The van der Waals surface area contributed by atoms with Gasteiger partial charge in [0.2, 0.25) is 0 Å². The second-order valence-electron chi connectivity index (χ2n) is 16.1. The minimum Gasteiger partial charge on any atom is -0.316 e. The molecular weight excluding hydrogens is 735 g/mol. The minimum atomic E-state index is 1.13. The number of hydrogen-bond donors (Lipinski definition) is 0. The van der Waals surface area contributed by atoms with E-state index < -0.39 is 0 Å². The Morgan fingerprint density at radius 2 is 0.623 bits per heavy atom. The van der Waals surface area contributed by atoms with Crippen molar-refractivity contribution >= 4 is 54.0 Å². The molecule has 0 radical (unpaired) electrons. The van der Waals surface area contributed by atoms with Crippen molar-refractivity contribution in [3.63, 3.8) is 0 Å². The molecule has 1 heterocycles. The monoisotopic (exact) mass is 773 g/mol. The zero-order valence-corrected chi connectivity index (χ0v) is 33.5. The van der Waals surface area contributed by atoms with Gasteiger partial charge in [-0.1, -0.05) is 194 Å². The van der Waals surface area contributed by atoms with E-state index in [4.69, 9.17) is 0 Å². The van der Waals surface area contributed by atoms with Crippen LogP contribution in [0.1, 0.15) is 0 Å². The highest BCUT2D eigenvalue weighted by atomic mass is 15.0. The summed E-state index contributed by atoms with van der Waals surface area (Å²) in [5.74, 6) is 0. The Balaban J connectivity index is 0.967. The summed E-state index contributed by atoms with van der Waals surface area (Å²) in [4.78, 5) is 0. The quantitative estimate of drug-likeness (QED) is 0.148. The maximum absolute atomic E-state index is 2.38. The molecule has 1 aromatic heterocycles. The van der Waals surface area contributed by atoms with Crippen LogP contribution >= 0.6 is 0 Å². The van der Waals surface area contributed by atoms with Crippen molar-refractivity contribution in [2.24, 2.45) is 0 Å². The van der Waals surface area contributed by atoms with E-state index in [1.807, 2.05) is 0 Å². The van der Waals surface area contributed by atoms with Gasteiger partial charge in [-0.2, -0.15) is 0 Å². The molecular formula is C60H39N. The average Bonchev–Trinajstić information content (AvgIpc) is 3.73. The van der Waals surface area contributed by atoms with E-state index in [2.05, 4.69) is 241 Å². The van der Waals surface area contributed by atoms with Crippen molar-refractivity contribution < 1.29 is 0 Å². The fourth-order valence-electron chi connectivity index (χ4n) is 9.56. The van der Waals surface area contributed by atoms with E-state index in [0.717, 1.165) is 5.69 Å². The van der Waals surface area contributed by atoms with Gasteiger partial charge in [0.1, 0.15) is 0 Å². The van der Waals surface area contributed by atoms with Crippen molar-refractivity contribution in [3.8, 4) is 61.3 Å². The summed E-state index contributed by atoms with van der Waals surface area (Å²) in [6.07, 6.45) is 2.32. The fourth-order valence-corrected chi connectivity index (χ4v) is 9.56. The zero-order chi connectivity index (χ0) is 40.3. The van der Waals surface area contributed by atoms with E-state index in [-0.39, 0.29) is 0 Å². The highest BCUT2D eigenvalue weighted by Crippen LogP contribution is 2.40. The predicted octanol–water partition coefficient (Wildman–Crippen LogP) is 16.6. The van der Waals surface area contributed by atoms with Crippen LogP contribution in [-0.2, 0) is 0 Å². The lowest BCUT2D eigenvalue weighted by atomic mass is 9.92. The highest BCUT2D eigenvalue weighted by molar-refractivity contribution is 6.15. The van der Waals surface area contributed by atoms with E-state index in [1.54, 1.807) is 0 Å². The Labute approximate surface area is 355 Å². The number of benzene rings is 11. The Morgan fingerprint density at radius 1 is 0.230 bits per heavy atom. The first-order valence-electron chi connectivity index (χ1n) is 21.1. The van der Waals surface area contributed by atoms with Gasteiger partial charge in [0.25, 0.3) is 0 Å². The maximum Gasteiger partial charge on any atom is 0.0535 e. The molecule has 0 N–H and O–H groups in total. The summed E-state index contributed by atoms with van der Waals surface area (Å²) in [5.41, 5.74) is 14.5. The van der Waals surface area contributed by atoms with Gasteiger partial charge < -0.3 is 4.57 Å². The van der Waals surface area contributed by atoms with Crippen LogP contribution < -0.4 is 0 Å². The smallest absolute Gasteiger partial charge is 0.0535 e. The molecule has 12 rings (SSSR count). The first kappa shape index (κ1) is 35.0. The van der Waals surface area contributed by atoms with Crippen LogP contribution in [0, 0.1) is 0 Å². The highest BCUT2D eigenvalue weighted by Gasteiger charge is 2.16. The summed E-state index contributed by atoms with van der Waals surface area (Å²) in [5, 5.41) is 11.4. The van der Waals surface area contributed by atoms with E-state index in [0.29, 0.717) is 0 Å². The van der Waals surface area contributed by atoms with Crippen molar-refractivity contribution in [3.05, 3.63) is 237 Å². The molecule has 0 atom stereocenters. The Kier molecular flexibility index (Phi) is 8.25. The first-order chi connectivity index (χ1) is 30.2. The van der Waals surface area contributed by atoms with Crippen LogP contribution in [0.2, 0.25) is 0 Å². The lowest BCUT2D eigenvalue weighted by molar-refractivity contribution is 1.13. The van der Waals surface area contributed by atoms with Gasteiger partial charge in [0.05, 0.1) is 5.52 Å². The molecule has 1 nitrogen and oxygen atoms in total. The summed E-state index contributed by atoms with van der Waals surface area (Å²) in [7, 11) is 0. The molecule has 0 aliphatic carbocycles. The maximum atomic E-state index is 2.38. The topological polar surface area (TPSA) is 4.93 Å². The van der Waals surface area contributed by atoms with Crippen LogP contribution in [0.25, 0.3) is 115 Å².